The van der Waals surface area contributed by atoms with E-state index in [2.05, 4.69) is 19.8 Å². The van der Waals surface area contributed by atoms with E-state index in [-0.39, 0.29) is 67.1 Å². The number of nitrogens with zero attached hydrogens (tertiary/aromatic N) is 2. The lowest BCUT2D eigenvalue weighted by molar-refractivity contribution is -0.275. The van der Waals surface area contributed by atoms with Gasteiger partial charge in [-0.1, -0.05) is 49.4 Å². The van der Waals surface area contributed by atoms with Crippen LogP contribution in [0.1, 0.15) is 79.8 Å². The molecular weight excluding hydrogens is 598 g/mol. The molecule has 238 valence electrons. The van der Waals surface area contributed by atoms with E-state index in [1.807, 2.05) is 0 Å². The first kappa shape index (κ1) is 34.2. The molecule has 4 aromatic rings. The molecule has 2 heterocycles. The normalized spacial score (nSPS) is 14.4. The predicted molar refractivity (Wildman–Crippen MR) is 146 cm³/mol. The highest BCUT2D eigenvalue weighted by molar-refractivity contribution is 5.88. The van der Waals surface area contributed by atoms with Crippen LogP contribution >= 0.6 is 0 Å². The molecule has 0 saturated heterocycles. The number of aldehydes is 1. The van der Waals surface area contributed by atoms with Crippen LogP contribution in [0.25, 0.3) is 22.5 Å². The molecule has 2 aliphatic carbocycles. The van der Waals surface area contributed by atoms with Crippen LogP contribution in [0, 0.1) is 0 Å². The Bertz CT molecular complexity index is 1550. The third-order valence-corrected chi connectivity index (χ3v) is 6.48. The van der Waals surface area contributed by atoms with Crippen molar-refractivity contribution in [2.45, 2.75) is 71.7 Å². The molecule has 2 saturated carbocycles. The Hall–Kier alpha value is -4.33. The molecule has 2 aromatic heterocycles. The average Bonchev–Trinajstić information content (AvgIpc) is 3.87. The van der Waals surface area contributed by atoms with Crippen LogP contribution in [0.15, 0.2) is 57.6 Å². The average molecular weight is 629 g/mol. The van der Waals surface area contributed by atoms with Crippen LogP contribution < -0.4 is 9.47 Å². The summed E-state index contributed by atoms with van der Waals surface area (Å²) in [4.78, 5) is 11.2. The van der Waals surface area contributed by atoms with Crippen LogP contribution in [-0.4, -0.2) is 34.4 Å². The van der Waals surface area contributed by atoms with Crippen molar-refractivity contribution in [2.75, 3.05) is 0 Å². The molecule has 0 spiro atoms. The lowest BCUT2D eigenvalue weighted by Gasteiger charge is -2.12. The Kier molecular flexibility index (Phi) is 10.5. The molecule has 0 radical (unpaired) electrons. The lowest BCUT2D eigenvalue weighted by Crippen LogP contribution is -2.17. The minimum atomic E-state index is -4.82. The third-order valence-electron chi connectivity index (χ3n) is 6.48. The zero-order chi connectivity index (χ0) is 30.1. The maximum absolute atomic E-state index is 12.4. The number of halogens is 6. The van der Waals surface area contributed by atoms with E-state index in [1.54, 1.807) is 12.1 Å². The third kappa shape index (κ3) is 7.98. The fraction of sp³-hybridized carbons (Fsp3) is 0.367. The van der Waals surface area contributed by atoms with E-state index in [4.69, 9.17) is 9.05 Å². The number of aromatic nitrogens is 2. The van der Waals surface area contributed by atoms with Gasteiger partial charge in [-0.2, -0.15) is 0 Å². The van der Waals surface area contributed by atoms with Crippen LogP contribution in [0.5, 0.6) is 11.5 Å². The Morgan fingerprint density at radius 2 is 1.18 bits per heavy atom. The Morgan fingerprint density at radius 3 is 1.64 bits per heavy atom. The van der Waals surface area contributed by atoms with Gasteiger partial charge >= 0.3 is 12.7 Å². The highest BCUT2D eigenvalue weighted by Crippen LogP contribution is 2.46. The van der Waals surface area contributed by atoms with Crippen LogP contribution in [0.2, 0.25) is 0 Å². The number of benzene rings is 2. The molecule has 6 rings (SSSR count). The van der Waals surface area contributed by atoms with E-state index in [0.717, 1.165) is 25.7 Å². The Morgan fingerprint density at radius 1 is 0.750 bits per heavy atom. The van der Waals surface area contributed by atoms with Gasteiger partial charge < -0.3 is 23.6 Å². The highest BCUT2D eigenvalue weighted by Gasteiger charge is 2.37. The zero-order valence-electron chi connectivity index (χ0n) is 21.5. The number of ether oxygens (including phenoxy) is 2. The van der Waals surface area contributed by atoms with Crippen molar-refractivity contribution in [3.05, 3.63) is 71.2 Å². The Balaban J connectivity index is 0.000000230. The molecule has 44 heavy (non-hydrogen) atoms. The number of para-hydroxylation sites is 2. The summed E-state index contributed by atoms with van der Waals surface area (Å²) in [7, 11) is 0. The van der Waals surface area contributed by atoms with Crippen molar-refractivity contribution >= 4 is 6.29 Å². The first-order valence-corrected chi connectivity index (χ1v) is 12.7. The number of aliphatic hydroxyl groups excluding tert-OH is 1. The van der Waals surface area contributed by atoms with Gasteiger partial charge in [0, 0.05) is 28.5 Å². The molecule has 0 unspecified atom stereocenters. The van der Waals surface area contributed by atoms with Crippen LogP contribution in [-0.2, 0) is 6.61 Å². The molecule has 1 N–H and O–H groups in total. The van der Waals surface area contributed by atoms with Gasteiger partial charge in [0.15, 0.2) is 12.0 Å². The topological polar surface area (TPSA) is 108 Å². The molecule has 8 nitrogen and oxygen atoms in total. The van der Waals surface area contributed by atoms with Gasteiger partial charge in [-0.15, -0.1) is 26.3 Å². The molecule has 14 heteroatoms. The summed E-state index contributed by atoms with van der Waals surface area (Å²) in [6.07, 6.45) is -5.42. The van der Waals surface area contributed by atoms with E-state index in [9.17, 15) is 36.2 Å². The summed E-state index contributed by atoms with van der Waals surface area (Å²) in [5.41, 5.74) is 1.11. The minimum Gasteiger partial charge on any atom is -0.405 e. The van der Waals surface area contributed by atoms with Gasteiger partial charge in [0.25, 0.3) is 0 Å². The number of alkyl halides is 6. The smallest absolute Gasteiger partial charge is 0.405 e. The molecule has 0 atom stereocenters. The minimum absolute atomic E-state index is 0. The molecule has 2 aliphatic rings. The largest absolute Gasteiger partial charge is 0.573 e. The summed E-state index contributed by atoms with van der Waals surface area (Å²) in [6.45, 7) is -0.342. The van der Waals surface area contributed by atoms with Gasteiger partial charge in [0.05, 0.1) is 12.2 Å². The molecule has 2 aromatic carbocycles. The highest BCUT2D eigenvalue weighted by atomic mass is 19.4. The predicted octanol–water partition coefficient (Wildman–Crippen LogP) is 8.81. The van der Waals surface area contributed by atoms with Gasteiger partial charge in [0.1, 0.15) is 28.6 Å². The molecule has 0 aliphatic heterocycles. The molecule has 0 bridgehead atoms. The summed E-state index contributed by atoms with van der Waals surface area (Å²) < 4.78 is 92.9. The fourth-order valence-corrected chi connectivity index (χ4v) is 4.36. The number of rotatable bonds is 8. The second kappa shape index (κ2) is 13.5. The van der Waals surface area contributed by atoms with Gasteiger partial charge in [-0.25, -0.2) is 0 Å². The van der Waals surface area contributed by atoms with E-state index in [1.165, 1.54) is 36.4 Å². The van der Waals surface area contributed by atoms with Crippen molar-refractivity contribution in [3.63, 3.8) is 0 Å². The number of hydrogen-bond donors (Lipinski definition) is 1. The standard InChI is InChI=1S/C14H12F3NO3.C14H10F3NO3.2CH4/c2*15-14(16,17)20-11-4-2-1-3-9(11)12-10(7-19)13(21-18-12)8-5-6-8;;/h1-4,8,19H,5-7H2;1-4,7-8H,5-6H2;2*1H4. The summed E-state index contributed by atoms with van der Waals surface area (Å²) in [5, 5.41) is 17.1. The zero-order valence-corrected chi connectivity index (χ0v) is 21.5. The number of carbonyl (C=O) groups is 1. The maximum atomic E-state index is 12.4. The van der Waals surface area contributed by atoms with Crippen molar-refractivity contribution in [3.8, 4) is 34.0 Å². The van der Waals surface area contributed by atoms with E-state index < -0.39 is 18.5 Å². The van der Waals surface area contributed by atoms with Crippen LogP contribution in [0.4, 0.5) is 26.3 Å². The van der Waals surface area contributed by atoms with Gasteiger partial charge in [0.2, 0.25) is 0 Å². The second-order valence-corrected chi connectivity index (χ2v) is 9.60. The van der Waals surface area contributed by atoms with Crippen molar-refractivity contribution in [1.29, 1.82) is 0 Å². The maximum Gasteiger partial charge on any atom is 0.573 e. The molecule has 0 amide bonds. The first-order valence-electron chi connectivity index (χ1n) is 12.7. The van der Waals surface area contributed by atoms with Crippen molar-refractivity contribution in [1.82, 2.24) is 10.3 Å². The summed E-state index contributed by atoms with van der Waals surface area (Å²) in [6, 6.07) is 11.2. The van der Waals surface area contributed by atoms with Crippen LogP contribution in [0.3, 0.4) is 0 Å². The monoisotopic (exact) mass is 628 g/mol. The van der Waals surface area contributed by atoms with E-state index >= 15 is 0 Å². The van der Waals surface area contributed by atoms with Gasteiger partial charge in [-0.3, -0.25) is 4.79 Å². The summed E-state index contributed by atoms with van der Waals surface area (Å²) in [5.74, 6) is 0.529. The summed E-state index contributed by atoms with van der Waals surface area (Å²) >= 11 is 0. The molecular formula is C30H30F6N2O6. The fourth-order valence-electron chi connectivity index (χ4n) is 4.36. The lowest BCUT2D eigenvalue weighted by atomic mass is 10.0. The van der Waals surface area contributed by atoms with E-state index in [0.29, 0.717) is 23.4 Å². The number of aliphatic hydroxyl groups is 1. The van der Waals surface area contributed by atoms with Crippen molar-refractivity contribution in [2.24, 2.45) is 0 Å². The SMILES string of the molecule is C.C.O=Cc1c(-c2ccccc2OC(F)(F)F)noc1C1CC1.OCc1c(-c2ccccc2OC(F)(F)F)noc1C1CC1. The van der Waals surface area contributed by atoms with Gasteiger partial charge in [-0.05, 0) is 49.9 Å². The molecule has 2 fully saturated rings. The number of hydrogen-bond acceptors (Lipinski definition) is 8. The van der Waals surface area contributed by atoms with Crippen molar-refractivity contribution < 1.29 is 54.8 Å². The number of carbonyl (C=O) groups excluding carboxylic acids is 1. The first-order chi connectivity index (χ1) is 20.0. The second-order valence-electron chi connectivity index (χ2n) is 9.60. The quantitative estimate of drug-likeness (QED) is 0.152. The Labute approximate surface area is 248 Å².